The summed E-state index contributed by atoms with van der Waals surface area (Å²) in [7, 11) is -3.57. The Morgan fingerprint density at radius 2 is 1.69 bits per heavy atom. The van der Waals surface area contributed by atoms with E-state index in [1.807, 2.05) is 6.07 Å². The van der Waals surface area contributed by atoms with Gasteiger partial charge in [-0.25, -0.2) is 8.42 Å². The average molecular weight is 462 g/mol. The summed E-state index contributed by atoms with van der Waals surface area (Å²) in [5, 5.41) is 12.6. The molecule has 1 aromatic carbocycles. The number of benzene rings is 1. The third-order valence-corrected chi connectivity index (χ3v) is 7.40. The topological polar surface area (TPSA) is 121 Å². The van der Waals surface area contributed by atoms with Gasteiger partial charge >= 0.3 is 0 Å². The highest BCUT2D eigenvalue weighted by molar-refractivity contribution is 7.89. The second-order valence-electron chi connectivity index (χ2n) is 7.58. The van der Waals surface area contributed by atoms with Crippen molar-refractivity contribution < 1.29 is 22.3 Å². The van der Waals surface area contributed by atoms with Crippen LogP contribution in [0.15, 0.2) is 33.6 Å². The van der Waals surface area contributed by atoms with Crippen LogP contribution in [0.4, 0.5) is 5.88 Å². The van der Waals surface area contributed by atoms with E-state index in [1.165, 1.54) is 16.4 Å². The number of sulfonamides is 1. The van der Waals surface area contributed by atoms with Gasteiger partial charge in [0.15, 0.2) is 0 Å². The van der Waals surface area contributed by atoms with E-state index >= 15 is 0 Å². The van der Waals surface area contributed by atoms with Crippen molar-refractivity contribution in [3.05, 3.63) is 30.0 Å². The van der Waals surface area contributed by atoms with Crippen LogP contribution in [0.1, 0.15) is 12.1 Å². The fourth-order valence-corrected chi connectivity index (χ4v) is 5.08. The number of hydrogen-bond acceptors (Lipinski definition) is 9. The van der Waals surface area contributed by atoms with E-state index in [4.69, 9.17) is 13.9 Å². The first-order valence-electron chi connectivity index (χ1n) is 10.7. The molecule has 10 nitrogen and oxygen atoms in total. The molecular formula is C21H27N5O5S. The average Bonchev–Trinajstić information content (AvgIpc) is 3.26. The molecule has 0 aliphatic carbocycles. The molecule has 0 unspecified atom stereocenters. The molecule has 0 amide bonds. The highest BCUT2D eigenvalue weighted by atomic mass is 32.2. The Labute approximate surface area is 187 Å². The molecule has 4 rings (SSSR count). The lowest BCUT2D eigenvalue weighted by Gasteiger charge is -2.26. The van der Waals surface area contributed by atoms with Gasteiger partial charge in [-0.3, -0.25) is 4.90 Å². The monoisotopic (exact) mass is 461 g/mol. The highest BCUT2D eigenvalue weighted by Crippen LogP contribution is 2.27. The number of aromatic nitrogens is 1. The predicted molar refractivity (Wildman–Crippen MR) is 117 cm³/mol. The Hall–Kier alpha value is -2.49. The summed E-state index contributed by atoms with van der Waals surface area (Å²) >= 11 is 0. The van der Waals surface area contributed by atoms with Crippen molar-refractivity contribution in [3.8, 4) is 17.5 Å². The molecule has 2 aromatic rings. The van der Waals surface area contributed by atoms with Crippen LogP contribution in [0.3, 0.4) is 0 Å². The van der Waals surface area contributed by atoms with Crippen molar-refractivity contribution in [3.63, 3.8) is 0 Å². The van der Waals surface area contributed by atoms with Gasteiger partial charge in [-0.1, -0.05) is 0 Å². The third kappa shape index (κ3) is 5.28. The summed E-state index contributed by atoms with van der Waals surface area (Å²) in [5.74, 6) is 0.599. The lowest BCUT2D eigenvalue weighted by Crippen LogP contribution is -2.40. The van der Waals surface area contributed by atoms with Gasteiger partial charge in [0, 0.05) is 38.3 Å². The Balaban J connectivity index is 1.39. The second-order valence-corrected chi connectivity index (χ2v) is 9.52. The quantitative estimate of drug-likeness (QED) is 0.581. The molecule has 1 N–H and O–H groups in total. The lowest BCUT2D eigenvalue weighted by molar-refractivity contribution is 0.0378. The van der Waals surface area contributed by atoms with E-state index in [0.717, 1.165) is 39.3 Å². The molecular weight excluding hydrogens is 434 g/mol. The summed E-state index contributed by atoms with van der Waals surface area (Å²) in [6.07, 6.45) is 0.898. The van der Waals surface area contributed by atoms with Crippen LogP contribution in [0, 0.1) is 11.3 Å². The number of oxazole rings is 1. The molecule has 0 spiro atoms. The maximum Gasteiger partial charge on any atom is 0.243 e. The van der Waals surface area contributed by atoms with E-state index in [0.29, 0.717) is 44.3 Å². The number of nitrogens with one attached hydrogen (secondary N) is 1. The van der Waals surface area contributed by atoms with Crippen LogP contribution in [-0.2, 0) is 19.5 Å². The number of anilines is 1. The number of ether oxygens (including phenoxy) is 2. The minimum absolute atomic E-state index is 0.177. The fourth-order valence-electron chi connectivity index (χ4n) is 3.67. The van der Waals surface area contributed by atoms with Crippen molar-refractivity contribution in [1.29, 1.82) is 5.26 Å². The van der Waals surface area contributed by atoms with Gasteiger partial charge in [0.25, 0.3) is 0 Å². The smallest absolute Gasteiger partial charge is 0.243 e. The Morgan fingerprint density at radius 3 is 2.34 bits per heavy atom. The van der Waals surface area contributed by atoms with E-state index in [9.17, 15) is 13.7 Å². The van der Waals surface area contributed by atoms with Gasteiger partial charge in [0.1, 0.15) is 6.07 Å². The van der Waals surface area contributed by atoms with Crippen molar-refractivity contribution in [1.82, 2.24) is 14.2 Å². The number of nitrogens with zero attached hydrogens (tertiary/aromatic N) is 4. The zero-order valence-electron chi connectivity index (χ0n) is 17.8. The largest absolute Gasteiger partial charge is 0.419 e. The molecule has 32 heavy (non-hydrogen) atoms. The summed E-state index contributed by atoms with van der Waals surface area (Å²) in [6.45, 7) is 6.48. The predicted octanol–water partition coefficient (Wildman–Crippen LogP) is 1.37. The second kappa shape index (κ2) is 10.4. The van der Waals surface area contributed by atoms with Crippen LogP contribution in [0.25, 0.3) is 11.5 Å². The van der Waals surface area contributed by atoms with Crippen molar-refractivity contribution >= 4 is 15.9 Å². The van der Waals surface area contributed by atoms with Gasteiger partial charge in [-0.05, 0) is 37.2 Å². The minimum atomic E-state index is -3.57. The third-order valence-electron chi connectivity index (χ3n) is 5.48. The number of hydrogen-bond donors (Lipinski definition) is 1. The Morgan fingerprint density at radius 1 is 1.03 bits per heavy atom. The first-order valence-corrected chi connectivity index (χ1v) is 12.1. The number of nitriles is 1. The molecule has 2 aliphatic rings. The van der Waals surface area contributed by atoms with Gasteiger partial charge in [0.2, 0.25) is 27.5 Å². The summed E-state index contributed by atoms with van der Waals surface area (Å²) in [4.78, 5) is 6.80. The van der Waals surface area contributed by atoms with Gasteiger partial charge in [0.05, 0.1) is 31.3 Å². The first-order chi connectivity index (χ1) is 15.6. The molecule has 11 heteroatoms. The van der Waals surface area contributed by atoms with Crippen LogP contribution >= 0.6 is 0 Å². The van der Waals surface area contributed by atoms with Crippen LogP contribution in [0.5, 0.6) is 0 Å². The molecule has 3 heterocycles. The van der Waals surface area contributed by atoms with Crippen LogP contribution in [-0.4, -0.2) is 88.3 Å². The molecule has 2 fully saturated rings. The summed E-state index contributed by atoms with van der Waals surface area (Å²) in [6, 6.07) is 8.40. The van der Waals surface area contributed by atoms with E-state index in [2.05, 4.69) is 15.2 Å². The van der Waals surface area contributed by atoms with Crippen molar-refractivity contribution in [2.45, 2.75) is 11.3 Å². The Bertz CT molecular complexity index is 1040. The molecule has 2 saturated heterocycles. The lowest BCUT2D eigenvalue weighted by atomic mass is 10.2. The zero-order valence-corrected chi connectivity index (χ0v) is 18.6. The maximum absolute atomic E-state index is 12.8. The molecule has 0 bridgehead atoms. The standard InChI is InChI=1S/C21H27N5O5S/c22-16-19-21(23-6-1-7-25-8-12-29-13-9-25)31-20(24-19)17-2-4-18(5-3-17)32(27,28)26-10-14-30-15-11-26/h2-5,23H,1,6-15H2. The maximum atomic E-state index is 12.8. The Kier molecular flexibility index (Phi) is 7.39. The molecule has 0 radical (unpaired) electrons. The molecule has 172 valence electrons. The minimum Gasteiger partial charge on any atom is -0.419 e. The van der Waals surface area contributed by atoms with Gasteiger partial charge in [-0.2, -0.15) is 14.6 Å². The fraction of sp³-hybridized carbons (Fsp3) is 0.524. The van der Waals surface area contributed by atoms with Gasteiger partial charge in [-0.15, -0.1) is 0 Å². The molecule has 0 saturated carbocycles. The van der Waals surface area contributed by atoms with Crippen molar-refractivity contribution in [2.75, 3.05) is 71.0 Å². The van der Waals surface area contributed by atoms with Crippen LogP contribution in [0.2, 0.25) is 0 Å². The molecule has 2 aliphatic heterocycles. The number of rotatable bonds is 8. The zero-order chi connectivity index (χ0) is 22.4. The SMILES string of the molecule is N#Cc1nc(-c2ccc(S(=O)(=O)N3CCOCC3)cc2)oc1NCCCN1CCOCC1. The number of morpholine rings is 2. The molecule has 1 aromatic heterocycles. The van der Waals surface area contributed by atoms with Gasteiger partial charge < -0.3 is 19.2 Å². The summed E-state index contributed by atoms with van der Waals surface area (Å²) in [5.41, 5.74) is 0.778. The first kappa shape index (κ1) is 22.7. The van der Waals surface area contributed by atoms with E-state index in [-0.39, 0.29) is 16.5 Å². The van der Waals surface area contributed by atoms with E-state index in [1.54, 1.807) is 12.1 Å². The highest BCUT2D eigenvalue weighted by Gasteiger charge is 2.26. The van der Waals surface area contributed by atoms with E-state index < -0.39 is 10.0 Å². The summed E-state index contributed by atoms with van der Waals surface area (Å²) < 4.78 is 43.3. The normalized spacial score (nSPS) is 18.3. The molecule has 0 atom stereocenters. The van der Waals surface area contributed by atoms with Crippen molar-refractivity contribution in [2.24, 2.45) is 0 Å². The van der Waals surface area contributed by atoms with Crippen LogP contribution < -0.4 is 5.32 Å².